The van der Waals surface area contributed by atoms with Gasteiger partial charge in [-0.25, -0.2) is 4.79 Å². The third-order valence-corrected chi connectivity index (χ3v) is 6.43. The van der Waals surface area contributed by atoms with Crippen molar-refractivity contribution in [2.75, 3.05) is 30.3 Å². The summed E-state index contributed by atoms with van der Waals surface area (Å²) in [6, 6.07) is 14.6. The van der Waals surface area contributed by atoms with Gasteiger partial charge in [-0.1, -0.05) is 30.3 Å². The maximum Gasteiger partial charge on any atom is 0.328 e. The predicted molar refractivity (Wildman–Crippen MR) is 112 cm³/mol. The Morgan fingerprint density at radius 2 is 1.73 bits per heavy atom. The lowest BCUT2D eigenvalue weighted by atomic mass is 9.68. The van der Waals surface area contributed by atoms with E-state index in [0.717, 1.165) is 24.3 Å². The van der Waals surface area contributed by atoms with Gasteiger partial charge in [0.1, 0.15) is 0 Å². The van der Waals surface area contributed by atoms with E-state index in [4.69, 9.17) is 5.73 Å². The number of rotatable bonds is 2. The van der Waals surface area contributed by atoms with Crippen molar-refractivity contribution in [3.63, 3.8) is 0 Å². The molecule has 0 radical (unpaired) electrons. The molecule has 0 aromatic heterocycles. The van der Waals surface area contributed by atoms with Crippen LogP contribution in [0.25, 0.3) is 0 Å². The Morgan fingerprint density at radius 3 is 2.47 bits per heavy atom. The molecule has 2 fully saturated rings. The van der Waals surface area contributed by atoms with Gasteiger partial charge in [0.15, 0.2) is 5.41 Å². The molecular weight excluding hydrogens is 382 g/mol. The number of amides is 4. The van der Waals surface area contributed by atoms with Gasteiger partial charge in [-0.2, -0.15) is 0 Å². The molecule has 30 heavy (non-hydrogen) atoms. The Hall–Kier alpha value is -3.39. The average molecular weight is 405 g/mol. The minimum atomic E-state index is -1.38. The van der Waals surface area contributed by atoms with Crippen molar-refractivity contribution in [3.05, 3.63) is 59.7 Å². The quantitative estimate of drug-likeness (QED) is 0.506. The van der Waals surface area contributed by atoms with E-state index in [0.29, 0.717) is 18.8 Å². The Morgan fingerprint density at radius 1 is 1.00 bits per heavy atom. The third kappa shape index (κ3) is 2.83. The third-order valence-electron chi connectivity index (χ3n) is 6.43. The molecular formula is C22H23N5O3. The SMILES string of the molecule is Nc1ccc2c(c1)CC1(C(=O)NC(=O)NC1=O)[C@@H]1CN(Cc3ccccc3)CCN21. The summed E-state index contributed by atoms with van der Waals surface area (Å²) in [6.45, 7) is 2.74. The normalized spacial score (nSPS) is 22.9. The highest BCUT2D eigenvalue weighted by Crippen LogP contribution is 2.45. The molecule has 3 aliphatic heterocycles. The van der Waals surface area contributed by atoms with Crippen molar-refractivity contribution in [1.82, 2.24) is 15.5 Å². The van der Waals surface area contributed by atoms with Crippen LogP contribution < -0.4 is 21.3 Å². The summed E-state index contributed by atoms with van der Waals surface area (Å²) in [5, 5.41) is 4.65. The molecule has 3 heterocycles. The van der Waals surface area contributed by atoms with E-state index in [1.165, 1.54) is 5.56 Å². The first kappa shape index (κ1) is 18.6. The second-order valence-corrected chi connectivity index (χ2v) is 8.20. The number of nitrogen functional groups attached to an aromatic ring is 1. The van der Waals surface area contributed by atoms with E-state index < -0.39 is 23.3 Å². The minimum Gasteiger partial charge on any atom is -0.399 e. The van der Waals surface area contributed by atoms with Crippen LogP contribution in [0.4, 0.5) is 16.2 Å². The number of nitrogens with one attached hydrogen (secondary N) is 2. The first-order valence-electron chi connectivity index (χ1n) is 10.1. The number of hydrogen-bond donors (Lipinski definition) is 3. The molecule has 0 unspecified atom stereocenters. The van der Waals surface area contributed by atoms with E-state index in [2.05, 4.69) is 32.6 Å². The lowest BCUT2D eigenvalue weighted by Crippen LogP contribution is -2.74. The van der Waals surface area contributed by atoms with E-state index in [1.807, 2.05) is 36.4 Å². The average Bonchev–Trinajstić information content (AvgIpc) is 2.72. The number of urea groups is 1. The zero-order valence-electron chi connectivity index (χ0n) is 16.4. The van der Waals surface area contributed by atoms with Crippen molar-refractivity contribution in [2.24, 2.45) is 5.41 Å². The number of nitrogens with zero attached hydrogens (tertiary/aromatic N) is 2. The van der Waals surface area contributed by atoms with Crippen molar-refractivity contribution in [1.29, 1.82) is 0 Å². The fraction of sp³-hybridized carbons (Fsp3) is 0.318. The van der Waals surface area contributed by atoms with Crippen LogP contribution in [0.5, 0.6) is 0 Å². The van der Waals surface area contributed by atoms with Gasteiger partial charge >= 0.3 is 6.03 Å². The summed E-state index contributed by atoms with van der Waals surface area (Å²) >= 11 is 0. The van der Waals surface area contributed by atoms with Gasteiger partial charge in [-0.05, 0) is 35.7 Å². The number of fused-ring (bicyclic) bond motifs is 4. The highest BCUT2D eigenvalue weighted by molar-refractivity contribution is 6.20. The van der Waals surface area contributed by atoms with Crippen LogP contribution in [0.3, 0.4) is 0 Å². The maximum atomic E-state index is 13.1. The molecule has 4 amide bonds. The van der Waals surface area contributed by atoms with E-state index in [-0.39, 0.29) is 12.5 Å². The summed E-state index contributed by atoms with van der Waals surface area (Å²) in [6.07, 6.45) is 0.207. The monoisotopic (exact) mass is 405 g/mol. The molecule has 4 N–H and O–H groups in total. The summed E-state index contributed by atoms with van der Waals surface area (Å²) < 4.78 is 0. The Balaban J connectivity index is 1.55. The number of piperazine rings is 1. The summed E-state index contributed by atoms with van der Waals surface area (Å²) in [5.74, 6) is -1.08. The van der Waals surface area contributed by atoms with Gasteiger partial charge in [0.25, 0.3) is 0 Å². The molecule has 1 spiro atoms. The van der Waals surface area contributed by atoms with Crippen molar-refractivity contribution in [2.45, 2.75) is 19.0 Å². The Kier molecular flexibility index (Phi) is 4.25. The number of carbonyl (C=O) groups excluding carboxylic acids is 3. The number of nitrogens with two attached hydrogens (primary N) is 1. The molecule has 2 aromatic rings. The summed E-state index contributed by atoms with van der Waals surface area (Å²) in [7, 11) is 0. The maximum absolute atomic E-state index is 13.1. The van der Waals surface area contributed by atoms with Gasteiger partial charge in [0.2, 0.25) is 11.8 Å². The minimum absolute atomic E-state index is 0.207. The van der Waals surface area contributed by atoms with Crippen LogP contribution >= 0.6 is 0 Å². The number of imide groups is 2. The summed E-state index contributed by atoms with van der Waals surface area (Å²) in [4.78, 5) is 42.4. The van der Waals surface area contributed by atoms with Crippen molar-refractivity contribution in [3.8, 4) is 0 Å². The zero-order chi connectivity index (χ0) is 20.9. The number of carbonyl (C=O) groups is 3. The van der Waals surface area contributed by atoms with Crippen LogP contribution in [-0.4, -0.2) is 48.4 Å². The van der Waals surface area contributed by atoms with E-state index in [9.17, 15) is 14.4 Å². The first-order valence-corrected chi connectivity index (χ1v) is 10.1. The molecule has 8 nitrogen and oxygen atoms in total. The van der Waals surface area contributed by atoms with E-state index >= 15 is 0 Å². The van der Waals surface area contributed by atoms with Crippen LogP contribution in [0.2, 0.25) is 0 Å². The van der Waals surface area contributed by atoms with Crippen LogP contribution in [-0.2, 0) is 22.6 Å². The molecule has 154 valence electrons. The van der Waals surface area contributed by atoms with Crippen molar-refractivity contribution < 1.29 is 14.4 Å². The smallest absolute Gasteiger partial charge is 0.328 e. The molecule has 3 aliphatic rings. The molecule has 0 saturated carbocycles. The number of barbiturate groups is 1. The molecule has 5 rings (SSSR count). The Bertz CT molecular complexity index is 1020. The van der Waals surface area contributed by atoms with Gasteiger partial charge in [-0.3, -0.25) is 25.1 Å². The fourth-order valence-corrected chi connectivity index (χ4v) is 5.01. The lowest BCUT2D eigenvalue weighted by molar-refractivity contribution is -0.147. The standard InChI is InChI=1S/C22H23N5O3/c23-16-6-7-17-15(10-16)11-22(19(28)24-21(30)25-20(22)29)18-13-26(8-9-27(17)18)12-14-4-2-1-3-5-14/h1-7,10,18H,8-9,11-13,23H2,(H2,24,25,28,29,30)/t18-/m0/s1. The van der Waals surface area contributed by atoms with E-state index in [1.54, 1.807) is 0 Å². The Labute approximate surface area is 174 Å². The van der Waals surface area contributed by atoms with Crippen LogP contribution in [0.15, 0.2) is 48.5 Å². The highest BCUT2D eigenvalue weighted by Gasteiger charge is 2.60. The largest absolute Gasteiger partial charge is 0.399 e. The second kappa shape index (κ2) is 6.84. The number of anilines is 2. The van der Waals surface area contributed by atoms with Crippen LogP contribution in [0, 0.1) is 5.41 Å². The van der Waals surface area contributed by atoms with Gasteiger partial charge < -0.3 is 10.6 Å². The van der Waals surface area contributed by atoms with Crippen LogP contribution in [0.1, 0.15) is 11.1 Å². The second-order valence-electron chi connectivity index (χ2n) is 8.20. The van der Waals surface area contributed by atoms with Gasteiger partial charge in [0, 0.05) is 37.6 Å². The first-order chi connectivity index (χ1) is 14.5. The summed E-state index contributed by atoms with van der Waals surface area (Å²) in [5.41, 5.74) is 8.21. The molecule has 2 aromatic carbocycles. The zero-order valence-corrected chi connectivity index (χ0v) is 16.4. The molecule has 0 aliphatic carbocycles. The topological polar surface area (TPSA) is 108 Å². The highest BCUT2D eigenvalue weighted by atomic mass is 16.2. The molecule has 8 heteroatoms. The van der Waals surface area contributed by atoms with Gasteiger partial charge in [-0.15, -0.1) is 0 Å². The lowest BCUT2D eigenvalue weighted by Gasteiger charge is -2.54. The molecule has 0 bridgehead atoms. The number of hydrogen-bond acceptors (Lipinski definition) is 6. The molecule has 1 atom stereocenters. The van der Waals surface area contributed by atoms with Gasteiger partial charge in [0.05, 0.1) is 6.04 Å². The molecule has 2 saturated heterocycles. The predicted octanol–water partition coefficient (Wildman–Crippen LogP) is 0.868. The number of benzene rings is 2. The van der Waals surface area contributed by atoms with Crippen molar-refractivity contribution >= 4 is 29.2 Å². The fourth-order valence-electron chi connectivity index (χ4n) is 5.01.